The number of ether oxygens (including phenoxy) is 1. The maximum atomic E-state index is 13.1. The predicted octanol–water partition coefficient (Wildman–Crippen LogP) is 6.28. The van der Waals surface area contributed by atoms with Gasteiger partial charge < -0.3 is 25.8 Å². The molecule has 8 fully saturated rings. The molecule has 0 heterocycles. The van der Waals surface area contributed by atoms with Crippen molar-refractivity contribution >= 4 is 23.9 Å². The second kappa shape index (κ2) is 11.1. The van der Waals surface area contributed by atoms with Crippen molar-refractivity contribution in [2.45, 2.75) is 87.4 Å². The number of carboxylic acids is 1. The van der Waals surface area contributed by atoms with Gasteiger partial charge in [0.15, 0.2) is 0 Å². The monoisotopic (exact) mass is 683 g/mol. The van der Waals surface area contributed by atoms with E-state index in [1.165, 1.54) is 48.5 Å². The molecular formula is C39H39F2N3O6. The largest absolute Gasteiger partial charge is 0.481 e. The van der Waals surface area contributed by atoms with Gasteiger partial charge in [0.25, 0.3) is 11.8 Å². The topological polar surface area (TPSA) is 134 Å². The van der Waals surface area contributed by atoms with Gasteiger partial charge in [0.05, 0.1) is 5.41 Å². The quantitative estimate of drug-likeness (QED) is 0.199. The number of amides is 3. The van der Waals surface area contributed by atoms with Crippen LogP contribution < -0.4 is 16.0 Å². The van der Waals surface area contributed by atoms with E-state index >= 15 is 0 Å². The molecule has 8 aliphatic carbocycles. The molecule has 0 saturated heterocycles. The second-order valence-corrected chi connectivity index (χ2v) is 15.8. The number of nitrogens with one attached hydrogen (secondary N) is 3. The van der Waals surface area contributed by atoms with Crippen LogP contribution in [-0.2, 0) is 16.1 Å². The Balaban J connectivity index is 0.000000152. The zero-order chi connectivity index (χ0) is 35.0. The number of carbonyl (C=O) groups is 4. The number of carbonyl (C=O) groups excluding carboxylic acids is 3. The van der Waals surface area contributed by atoms with Crippen molar-refractivity contribution in [2.75, 3.05) is 0 Å². The van der Waals surface area contributed by atoms with E-state index in [1.807, 2.05) is 30.3 Å². The molecule has 50 heavy (non-hydrogen) atoms. The predicted molar refractivity (Wildman–Crippen MR) is 177 cm³/mol. The molecule has 11 rings (SSSR count). The molecule has 11 heteroatoms. The summed E-state index contributed by atoms with van der Waals surface area (Å²) >= 11 is 0. The number of halogens is 2. The van der Waals surface area contributed by atoms with Crippen LogP contribution in [0.3, 0.4) is 0 Å². The highest BCUT2D eigenvalue weighted by Gasteiger charge is 2.81. The summed E-state index contributed by atoms with van der Waals surface area (Å²) in [6.07, 6.45) is 7.98. The lowest BCUT2D eigenvalue weighted by atomic mass is 9.32. The normalized spacial score (nSPS) is 30.5. The van der Waals surface area contributed by atoms with Crippen molar-refractivity contribution in [3.8, 4) is 0 Å². The molecule has 3 aromatic carbocycles. The van der Waals surface area contributed by atoms with E-state index < -0.39 is 11.4 Å². The summed E-state index contributed by atoms with van der Waals surface area (Å²) in [7, 11) is 0. The number of aliphatic carboxylic acids is 1. The summed E-state index contributed by atoms with van der Waals surface area (Å²) in [6.45, 7) is 0.256. The highest BCUT2D eigenvalue weighted by atomic mass is 19.1. The Hall–Kier alpha value is -4.80. The maximum Gasteiger partial charge on any atom is 0.407 e. The van der Waals surface area contributed by atoms with Crippen LogP contribution in [0.1, 0.15) is 90.5 Å². The molecule has 0 radical (unpaired) electrons. The number of hydrogen-bond donors (Lipinski definition) is 4. The highest BCUT2D eigenvalue weighted by Crippen LogP contribution is 2.81. The lowest BCUT2D eigenvalue weighted by Gasteiger charge is -2.73. The Morgan fingerprint density at radius 3 is 1.48 bits per heavy atom. The van der Waals surface area contributed by atoms with Crippen LogP contribution in [0.5, 0.6) is 0 Å². The zero-order valence-electron chi connectivity index (χ0n) is 27.5. The van der Waals surface area contributed by atoms with Gasteiger partial charge in [-0.3, -0.25) is 14.4 Å². The third-order valence-corrected chi connectivity index (χ3v) is 12.5. The summed E-state index contributed by atoms with van der Waals surface area (Å²) in [5.74, 6) is -1.77. The van der Waals surface area contributed by atoms with Crippen molar-refractivity contribution < 1.29 is 37.8 Å². The minimum Gasteiger partial charge on any atom is -0.481 e. The first-order valence-electron chi connectivity index (χ1n) is 17.2. The number of alkyl carbamates (subject to hydrolysis) is 1. The molecule has 8 aliphatic rings. The van der Waals surface area contributed by atoms with Crippen LogP contribution in [0.25, 0.3) is 0 Å². The van der Waals surface area contributed by atoms with Gasteiger partial charge in [0, 0.05) is 33.2 Å². The van der Waals surface area contributed by atoms with Crippen molar-refractivity contribution in [1.29, 1.82) is 0 Å². The third kappa shape index (κ3) is 5.24. The lowest BCUT2D eigenvalue weighted by Crippen LogP contribution is -2.80. The summed E-state index contributed by atoms with van der Waals surface area (Å²) in [5.41, 5.74) is 0.809. The summed E-state index contributed by atoms with van der Waals surface area (Å²) in [6, 6.07) is 20.7. The molecule has 260 valence electrons. The van der Waals surface area contributed by atoms with Gasteiger partial charge >= 0.3 is 12.1 Å². The van der Waals surface area contributed by atoms with Gasteiger partial charge in [-0.2, -0.15) is 0 Å². The molecular weight excluding hydrogens is 644 g/mol. The van der Waals surface area contributed by atoms with Crippen LogP contribution in [0.4, 0.5) is 13.6 Å². The van der Waals surface area contributed by atoms with Gasteiger partial charge in [-0.25, -0.2) is 13.6 Å². The Bertz CT molecular complexity index is 1830. The van der Waals surface area contributed by atoms with Gasteiger partial charge in [0.1, 0.15) is 18.2 Å². The molecule has 4 N–H and O–H groups in total. The van der Waals surface area contributed by atoms with Gasteiger partial charge in [-0.1, -0.05) is 30.3 Å². The Morgan fingerprint density at radius 1 is 0.620 bits per heavy atom. The van der Waals surface area contributed by atoms with Crippen LogP contribution in [0, 0.1) is 27.9 Å². The fourth-order valence-electron chi connectivity index (χ4n) is 9.53. The molecule has 0 aromatic heterocycles. The van der Waals surface area contributed by atoms with E-state index in [0.29, 0.717) is 30.4 Å². The van der Waals surface area contributed by atoms with Crippen molar-refractivity contribution in [3.63, 3.8) is 0 Å². The van der Waals surface area contributed by atoms with Crippen molar-refractivity contribution in [2.24, 2.45) is 16.2 Å². The van der Waals surface area contributed by atoms with E-state index in [0.717, 1.165) is 50.5 Å². The fraction of sp³-hybridized carbons (Fsp3) is 0.436. The Labute approximate surface area is 288 Å². The lowest BCUT2D eigenvalue weighted by molar-refractivity contribution is -0.236. The zero-order valence-corrected chi connectivity index (χ0v) is 27.5. The van der Waals surface area contributed by atoms with E-state index in [4.69, 9.17) is 4.74 Å². The van der Waals surface area contributed by atoms with E-state index in [2.05, 4.69) is 16.0 Å². The van der Waals surface area contributed by atoms with Crippen molar-refractivity contribution in [1.82, 2.24) is 16.0 Å². The second-order valence-electron chi connectivity index (χ2n) is 15.8. The first-order valence-corrected chi connectivity index (χ1v) is 17.2. The molecule has 8 saturated carbocycles. The summed E-state index contributed by atoms with van der Waals surface area (Å²) in [4.78, 5) is 48.2. The molecule has 0 spiro atoms. The third-order valence-electron chi connectivity index (χ3n) is 12.5. The smallest absolute Gasteiger partial charge is 0.407 e. The van der Waals surface area contributed by atoms with Crippen LogP contribution in [0.2, 0.25) is 0 Å². The minimum absolute atomic E-state index is 0.0128. The molecule has 9 nitrogen and oxygen atoms in total. The molecule has 3 aromatic rings. The molecule has 0 unspecified atom stereocenters. The Kier molecular flexibility index (Phi) is 7.20. The van der Waals surface area contributed by atoms with Crippen molar-refractivity contribution in [3.05, 3.63) is 107 Å². The SMILES string of the molecule is O=C(NC1(C23CC(C(=O)O)(C2)C3)CC1)c1ccc(F)cc1.O=C(NC12CC(C3(NC(=O)c4ccc(F)cc4)CC3)(C1)C2)OCc1ccccc1. The number of hydrogen-bond acceptors (Lipinski definition) is 5. The van der Waals surface area contributed by atoms with Gasteiger partial charge in [-0.05, 0) is 124 Å². The fourth-order valence-corrected chi connectivity index (χ4v) is 9.53. The van der Waals surface area contributed by atoms with Crippen LogP contribution in [-0.4, -0.2) is 45.6 Å². The minimum atomic E-state index is -0.704. The number of rotatable bonds is 10. The molecule has 0 aliphatic heterocycles. The van der Waals surface area contributed by atoms with Gasteiger partial charge in [-0.15, -0.1) is 0 Å². The molecule has 3 amide bonds. The van der Waals surface area contributed by atoms with Gasteiger partial charge in [0.2, 0.25) is 0 Å². The van der Waals surface area contributed by atoms with Crippen LogP contribution >= 0.6 is 0 Å². The molecule has 0 atom stereocenters. The van der Waals surface area contributed by atoms with Crippen LogP contribution in [0.15, 0.2) is 78.9 Å². The summed E-state index contributed by atoms with van der Waals surface area (Å²) < 4.78 is 31.3. The summed E-state index contributed by atoms with van der Waals surface area (Å²) in [5, 5.41) is 18.5. The van der Waals surface area contributed by atoms with E-state index in [9.17, 15) is 33.1 Å². The average molecular weight is 684 g/mol. The standard InChI is InChI=1S/C23H23FN2O3.C16H16FNO3/c24-18-8-6-17(7-9-18)19(27)25-23(10-11-23)21-13-22(14-21,15-21)26-20(28)29-12-16-4-2-1-3-5-16;17-11-3-1-10(2-4-11)12(19)18-16(5-6-16)15-7-14(8-15,9-15)13(20)21/h1-9H,10-15H2,(H,25,27)(H,26,28);1-4H,5-9H2,(H,18,19)(H,20,21). The molecule has 4 bridgehead atoms. The highest BCUT2D eigenvalue weighted by molar-refractivity contribution is 5.96. The average Bonchev–Trinajstić information content (AvgIpc) is 3.95. The van der Waals surface area contributed by atoms with E-state index in [1.54, 1.807) is 0 Å². The first-order chi connectivity index (χ1) is 23.8. The number of benzene rings is 3. The Morgan fingerprint density at radius 2 is 1.06 bits per heavy atom. The van der Waals surface area contributed by atoms with E-state index in [-0.39, 0.29) is 63.6 Å². The number of carboxylic acid groups (broad SMARTS) is 1. The first kappa shape index (κ1) is 32.4. The maximum absolute atomic E-state index is 13.1.